The van der Waals surface area contributed by atoms with Crippen LogP contribution in [0.1, 0.15) is 22.0 Å². The molecule has 0 bridgehead atoms. The Morgan fingerprint density at radius 3 is 2.66 bits per heavy atom. The fourth-order valence-electron chi connectivity index (χ4n) is 3.03. The van der Waals surface area contributed by atoms with Gasteiger partial charge in [-0.3, -0.25) is 9.69 Å². The molecule has 1 fully saturated rings. The van der Waals surface area contributed by atoms with Gasteiger partial charge >= 0.3 is 12.0 Å². The number of ether oxygens (including phenoxy) is 1. The second-order valence-electron chi connectivity index (χ2n) is 6.28. The van der Waals surface area contributed by atoms with Crippen LogP contribution in [0.2, 0.25) is 0 Å². The highest BCUT2D eigenvalue weighted by atomic mass is 16.5. The fraction of sp³-hybridized carbons (Fsp3) is 0.0952. The lowest BCUT2D eigenvalue weighted by Crippen LogP contribution is -2.30. The summed E-state index contributed by atoms with van der Waals surface area (Å²) in [5.41, 5.74) is 1.84. The van der Waals surface area contributed by atoms with Crippen molar-refractivity contribution < 1.29 is 23.5 Å². The van der Waals surface area contributed by atoms with E-state index in [4.69, 9.17) is 4.42 Å². The zero-order chi connectivity index (χ0) is 20.4. The first-order valence-corrected chi connectivity index (χ1v) is 8.81. The lowest BCUT2D eigenvalue weighted by atomic mass is 10.2. The molecule has 1 N–H and O–H groups in total. The smallest absolute Gasteiger partial charge is 0.373 e. The van der Waals surface area contributed by atoms with Crippen LogP contribution in [0, 0.1) is 0 Å². The normalized spacial score (nSPS) is 15.1. The van der Waals surface area contributed by atoms with Crippen LogP contribution < -0.4 is 5.32 Å². The molecular formula is C21H17N3O5. The molecule has 8 nitrogen and oxygen atoms in total. The number of urea groups is 1. The summed E-state index contributed by atoms with van der Waals surface area (Å²) < 4.78 is 11.8. The van der Waals surface area contributed by atoms with Crippen LogP contribution in [0.25, 0.3) is 11.8 Å². The van der Waals surface area contributed by atoms with Crippen molar-refractivity contribution in [3.8, 4) is 5.69 Å². The number of benzene rings is 1. The molecule has 8 heteroatoms. The third-order valence-electron chi connectivity index (χ3n) is 4.43. The molecule has 0 saturated carbocycles. The van der Waals surface area contributed by atoms with E-state index in [0.717, 1.165) is 16.3 Å². The van der Waals surface area contributed by atoms with E-state index in [1.807, 2.05) is 53.2 Å². The summed E-state index contributed by atoms with van der Waals surface area (Å²) >= 11 is 0. The summed E-state index contributed by atoms with van der Waals surface area (Å²) in [6.45, 7) is -0.0985. The van der Waals surface area contributed by atoms with E-state index in [1.165, 1.54) is 19.2 Å². The number of hydrogen-bond acceptors (Lipinski definition) is 5. The van der Waals surface area contributed by atoms with Crippen molar-refractivity contribution in [1.82, 2.24) is 14.8 Å². The van der Waals surface area contributed by atoms with Crippen molar-refractivity contribution >= 4 is 24.0 Å². The maximum absolute atomic E-state index is 12.7. The molecule has 0 atom stereocenters. The van der Waals surface area contributed by atoms with Crippen molar-refractivity contribution in [2.75, 3.05) is 7.11 Å². The molecule has 0 spiro atoms. The second-order valence-corrected chi connectivity index (χ2v) is 6.28. The average molecular weight is 391 g/mol. The van der Waals surface area contributed by atoms with Crippen LogP contribution in [0.5, 0.6) is 0 Å². The molecule has 0 radical (unpaired) electrons. The van der Waals surface area contributed by atoms with Crippen LogP contribution in [-0.2, 0) is 16.1 Å². The number of amides is 3. The Morgan fingerprint density at radius 1 is 1.10 bits per heavy atom. The number of esters is 1. The van der Waals surface area contributed by atoms with E-state index in [0.29, 0.717) is 5.76 Å². The minimum atomic E-state index is -0.629. The molecule has 4 rings (SSSR count). The highest BCUT2D eigenvalue weighted by Crippen LogP contribution is 2.20. The number of carbonyl (C=O) groups is 3. The number of nitrogens with one attached hydrogen (secondary N) is 1. The predicted molar refractivity (Wildman–Crippen MR) is 103 cm³/mol. The third-order valence-corrected chi connectivity index (χ3v) is 4.43. The summed E-state index contributed by atoms with van der Waals surface area (Å²) in [6.07, 6.45) is 3.49. The Hall–Kier alpha value is -4.07. The number of aromatic nitrogens is 1. The molecule has 3 amide bonds. The minimum absolute atomic E-state index is 0.00556. The van der Waals surface area contributed by atoms with E-state index < -0.39 is 17.9 Å². The van der Waals surface area contributed by atoms with Gasteiger partial charge in [0.05, 0.1) is 13.7 Å². The summed E-state index contributed by atoms with van der Waals surface area (Å²) in [4.78, 5) is 37.5. The zero-order valence-corrected chi connectivity index (χ0v) is 15.5. The van der Waals surface area contributed by atoms with Gasteiger partial charge in [-0.15, -0.1) is 0 Å². The molecular weight excluding hydrogens is 374 g/mol. The number of para-hydroxylation sites is 1. The van der Waals surface area contributed by atoms with Gasteiger partial charge in [-0.05, 0) is 42.5 Å². The van der Waals surface area contributed by atoms with Gasteiger partial charge in [0, 0.05) is 17.6 Å². The Morgan fingerprint density at radius 2 is 1.90 bits per heavy atom. The lowest BCUT2D eigenvalue weighted by Gasteiger charge is -2.09. The summed E-state index contributed by atoms with van der Waals surface area (Å²) in [5, 5.41) is 2.58. The van der Waals surface area contributed by atoms with Crippen LogP contribution in [0.15, 0.2) is 70.9 Å². The highest BCUT2D eigenvalue weighted by molar-refractivity contribution is 6.13. The Labute approximate surface area is 166 Å². The van der Waals surface area contributed by atoms with E-state index in [-0.39, 0.29) is 18.0 Å². The first kappa shape index (κ1) is 18.3. The molecule has 3 heterocycles. The second kappa shape index (κ2) is 7.51. The number of furan rings is 1. The molecule has 3 aromatic rings. The van der Waals surface area contributed by atoms with E-state index >= 15 is 0 Å². The van der Waals surface area contributed by atoms with E-state index in [1.54, 1.807) is 6.08 Å². The third kappa shape index (κ3) is 3.55. The highest BCUT2D eigenvalue weighted by Gasteiger charge is 2.34. The monoisotopic (exact) mass is 391 g/mol. The van der Waals surface area contributed by atoms with Crippen LogP contribution in [0.4, 0.5) is 4.79 Å². The van der Waals surface area contributed by atoms with Gasteiger partial charge in [-0.25, -0.2) is 9.59 Å². The van der Waals surface area contributed by atoms with Crippen molar-refractivity contribution in [2.24, 2.45) is 0 Å². The number of imide groups is 1. The standard InChI is InChI=1S/C21H17N3O5/c1-28-20(26)18-10-9-16(29-18)13-24-19(25)17(22-21(24)27)12-15-8-5-11-23(15)14-6-3-2-4-7-14/h2-12H,13H2,1H3,(H,22,27). The predicted octanol–water partition coefficient (Wildman–Crippen LogP) is 2.95. The molecule has 29 heavy (non-hydrogen) atoms. The molecule has 1 aliphatic rings. The summed E-state index contributed by atoms with van der Waals surface area (Å²) in [7, 11) is 1.24. The van der Waals surface area contributed by atoms with Gasteiger partial charge in [0.1, 0.15) is 11.5 Å². The molecule has 0 aliphatic carbocycles. The fourth-order valence-corrected chi connectivity index (χ4v) is 3.03. The SMILES string of the molecule is COC(=O)c1ccc(CN2C(=O)NC(=Cc3cccn3-c3ccccc3)C2=O)o1. The van der Waals surface area contributed by atoms with E-state index in [9.17, 15) is 14.4 Å². The number of hydrogen-bond donors (Lipinski definition) is 1. The van der Waals surface area contributed by atoms with Gasteiger partial charge in [0.2, 0.25) is 5.76 Å². The number of nitrogens with zero attached hydrogens (tertiary/aromatic N) is 2. The molecule has 1 aromatic carbocycles. The van der Waals surface area contributed by atoms with Crippen molar-refractivity contribution in [3.05, 3.63) is 83.7 Å². The van der Waals surface area contributed by atoms with Crippen LogP contribution >= 0.6 is 0 Å². The Kier molecular flexibility index (Phi) is 4.74. The number of rotatable bonds is 5. The maximum atomic E-state index is 12.7. The lowest BCUT2D eigenvalue weighted by molar-refractivity contribution is -0.123. The van der Waals surface area contributed by atoms with Gasteiger partial charge < -0.3 is 19.0 Å². The van der Waals surface area contributed by atoms with Crippen LogP contribution in [-0.4, -0.2) is 34.5 Å². The number of carbonyl (C=O) groups excluding carboxylic acids is 3. The minimum Gasteiger partial charge on any atom is -0.463 e. The van der Waals surface area contributed by atoms with Crippen molar-refractivity contribution in [3.63, 3.8) is 0 Å². The van der Waals surface area contributed by atoms with Gasteiger partial charge in [0.25, 0.3) is 5.91 Å². The Balaban J connectivity index is 1.55. The zero-order valence-electron chi connectivity index (χ0n) is 15.5. The van der Waals surface area contributed by atoms with E-state index in [2.05, 4.69) is 10.1 Å². The molecule has 1 aliphatic heterocycles. The summed E-state index contributed by atoms with van der Waals surface area (Å²) in [5.74, 6) is -0.809. The first-order valence-electron chi connectivity index (χ1n) is 8.81. The average Bonchev–Trinajstić information content (AvgIpc) is 3.45. The Bertz CT molecular complexity index is 1110. The number of methoxy groups -OCH3 is 1. The van der Waals surface area contributed by atoms with Gasteiger partial charge in [0.15, 0.2) is 0 Å². The molecule has 2 aromatic heterocycles. The summed E-state index contributed by atoms with van der Waals surface area (Å²) in [6, 6.07) is 15.7. The molecule has 146 valence electrons. The van der Waals surface area contributed by atoms with Gasteiger partial charge in [-0.2, -0.15) is 0 Å². The molecule has 1 saturated heterocycles. The molecule has 0 unspecified atom stereocenters. The largest absolute Gasteiger partial charge is 0.463 e. The van der Waals surface area contributed by atoms with Crippen molar-refractivity contribution in [1.29, 1.82) is 0 Å². The topological polar surface area (TPSA) is 93.8 Å². The quantitative estimate of drug-likeness (QED) is 0.410. The maximum Gasteiger partial charge on any atom is 0.373 e. The van der Waals surface area contributed by atoms with Gasteiger partial charge in [-0.1, -0.05) is 18.2 Å². The van der Waals surface area contributed by atoms with Crippen LogP contribution in [0.3, 0.4) is 0 Å². The first-order chi connectivity index (χ1) is 14.1. The van der Waals surface area contributed by atoms with Crippen molar-refractivity contribution in [2.45, 2.75) is 6.54 Å².